The van der Waals surface area contributed by atoms with Crippen molar-refractivity contribution in [2.45, 2.75) is 71.0 Å². The first-order chi connectivity index (χ1) is 10.4. The Morgan fingerprint density at radius 1 is 1.05 bits per heavy atom. The van der Waals surface area contributed by atoms with Crippen LogP contribution >= 0.6 is 0 Å². The van der Waals surface area contributed by atoms with Crippen molar-refractivity contribution in [3.05, 3.63) is 12.7 Å². The smallest absolute Gasteiger partial charge is 0.331 e. The Labute approximate surface area is 132 Å². The van der Waals surface area contributed by atoms with Gasteiger partial charge in [0, 0.05) is 20.3 Å². The normalized spacial score (nSPS) is 17.7. The minimum atomic E-state index is -1.40. The Morgan fingerprint density at radius 2 is 1.55 bits per heavy atom. The predicted octanol–water partition coefficient (Wildman–Crippen LogP) is 3.31. The number of hydrogen-bond donors (Lipinski definition) is 0. The van der Waals surface area contributed by atoms with Crippen LogP contribution in [0.15, 0.2) is 12.7 Å². The van der Waals surface area contributed by atoms with Crippen molar-refractivity contribution in [2.24, 2.45) is 5.92 Å². The molecule has 1 fully saturated rings. The predicted molar refractivity (Wildman–Crippen MR) is 81.9 cm³/mol. The lowest BCUT2D eigenvalue weighted by atomic mass is 9.97. The van der Waals surface area contributed by atoms with E-state index in [1.165, 1.54) is 13.8 Å². The average Bonchev–Trinajstić information content (AvgIpc) is 2.39. The first-order valence-corrected chi connectivity index (χ1v) is 7.96. The molecule has 0 amide bonds. The van der Waals surface area contributed by atoms with Crippen LogP contribution in [0.25, 0.3) is 0 Å². The number of hydrogen-bond acceptors (Lipinski definition) is 5. The molecule has 0 aromatic rings. The Kier molecular flexibility index (Phi) is 7.28. The number of ketones is 1. The molecule has 0 bridgehead atoms. The summed E-state index contributed by atoms with van der Waals surface area (Å²) in [6, 6.07) is 0. The van der Waals surface area contributed by atoms with Gasteiger partial charge in [0.25, 0.3) is 5.79 Å². The molecule has 5 nitrogen and oxygen atoms in total. The standard InChI is InChI=1S/C17H26O5/c1-4-5-6-7-8-9-10-11-12-13(18)14-15(19)21-17(2,3)22-16(14)20/h4,14H,1,5-12H2,2-3H3. The van der Waals surface area contributed by atoms with Crippen molar-refractivity contribution in [3.8, 4) is 0 Å². The van der Waals surface area contributed by atoms with E-state index in [0.29, 0.717) is 6.42 Å². The van der Waals surface area contributed by atoms with Crippen LogP contribution in [0, 0.1) is 5.92 Å². The lowest BCUT2D eigenvalue weighted by Crippen LogP contribution is -2.49. The van der Waals surface area contributed by atoms with Gasteiger partial charge in [0.1, 0.15) is 0 Å². The lowest BCUT2D eigenvalue weighted by Gasteiger charge is -2.32. The van der Waals surface area contributed by atoms with Gasteiger partial charge >= 0.3 is 11.9 Å². The second-order valence-electron chi connectivity index (χ2n) is 6.09. The highest BCUT2D eigenvalue weighted by Gasteiger charge is 2.46. The minimum absolute atomic E-state index is 0.210. The molecule has 0 radical (unpaired) electrons. The van der Waals surface area contributed by atoms with Gasteiger partial charge in [-0.15, -0.1) is 6.58 Å². The van der Waals surface area contributed by atoms with Crippen molar-refractivity contribution in [1.82, 2.24) is 0 Å². The molecule has 0 saturated carbocycles. The van der Waals surface area contributed by atoms with Crippen LogP contribution in [0.3, 0.4) is 0 Å². The molecule has 1 heterocycles. The van der Waals surface area contributed by atoms with Crippen LogP contribution in [0.1, 0.15) is 65.2 Å². The van der Waals surface area contributed by atoms with E-state index in [0.717, 1.165) is 38.5 Å². The number of carbonyl (C=O) groups excluding carboxylic acids is 3. The summed E-state index contributed by atoms with van der Waals surface area (Å²) in [5.41, 5.74) is 0. The number of Topliss-reactive ketones (excluding diaryl/α,β-unsaturated/α-hetero) is 1. The third-order valence-electron chi connectivity index (χ3n) is 3.57. The molecule has 0 aliphatic carbocycles. The third kappa shape index (κ3) is 6.00. The van der Waals surface area contributed by atoms with E-state index in [4.69, 9.17) is 9.47 Å². The van der Waals surface area contributed by atoms with Crippen molar-refractivity contribution >= 4 is 17.7 Å². The van der Waals surface area contributed by atoms with Gasteiger partial charge in [0.15, 0.2) is 5.78 Å². The van der Waals surface area contributed by atoms with E-state index in [2.05, 4.69) is 6.58 Å². The van der Waals surface area contributed by atoms with Crippen molar-refractivity contribution in [3.63, 3.8) is 0 Å². The second kappa shape index (κ2) is 8.71. The van der Waals surface area contributed by atoms with Crippen molar-refractivity contribution in [2.75, 3.05) is 0 Å². The number of rotatable bonds is 10. The molecule has 0 N–H and O–H groups in total. The molecule has 5 heteroatoms. The Balaban J connectivity index is 2.24. The van der Waals surface area contributed by atoms with Crippen LogP contribution in [-0.2, 0) is 23.9 Å². The highest BCUT2D eigenvalue weighted by molar-refractivity contribution is 6.15. The van der Waals surface area contributed by atoms with Crippen molar-refractivity contribution in [1.29, 1.82) is 0 Å². The van der Waals surface area contributed by atoms with Gasteiger partial charge in [-0.05, 0) is 19.3 Å². The molecule has 1 rings (SSSR count). The fourth-order valence-corrected chi connectivity index (χ4v) is 2.42. The van der Waals surface area contributed by atoms with E-state index in [1.54, 1.807) is 0 Å². The van der Waals surface area contributed by atoms with Gasteiger partial charge in [-0.3, -0.25) is 14.4 Å². The molecule has 0 unspecified atom stereocenters. The summed E-state index contributed by atoms with van der Waals surface area (Å²) in [5, 5.41) is 0. The van der Waals surface area contributed by atoms with Crippen LogP contribution in [0.2, 0.25) is 0 Å². The zero-order chi connectivity index (χ0) is 16.6. The van der Waals surface area contributed by atoms with Gasteiger partial charge in [-0.25, -0.2) is 0 Å². The first kappa shape index (κ1) is 18.4. The van der Waals surface area contributed by atoms with Gasteiger partial charge in [-0.1, -0.05) is 31.8 Å². The van der Waals surface area contributed by atoms with Gasteiger partial charge < -0.3 is 9.47 Å². The fraction of sp³-hybridized carbons (Fsp3) is 0.706. The molecule has 0 aromatic carbocycles. The average molecular weight is 310 g/mol. The van der Waals surface area contributed by atoms with Crippen LogP contribution < -0.4 is 0 Å². The summed E-state index contributed by atoms with van der Waals surface area (Å²) in [5.74, 6) is -4.68. The Hall–Kier alpha value is -1.65. The molecule has 0 aromatic heterocycles. The molecule has 124 valence electrons. The summed E-state index contributed by atoms with van der Waals surface area (Å²) in [7, 11) is 0. The Morgan fingerprint density at radius 3 is 2.09 bits per heavy atom. The topological polar surface area (TPSA) is 69.7 Å². The summed E-state index contributed by atoms with van der Waals surface area (Å²) in [6.45, 7) is 6.62. The van der Waals surface area contributed by atoms with E-state index in [1.807, 2.05) is 6.08 Å². The molecule has 1 saturated heterocycles. The summed E-state index contributed by atoms with van der Waals surface area (Å²) in [6.07, 6.45) is 9.27. The fourth-order valence-electron chi connectivity index (χ4n) is 2.42. The Bertz CT molecular complexity index is 405. The van der Waals surface area contributed by atoms with Crippen LogP contribution in [0.4, 0.5) is 0 Å². The quantitative estimate of drug-likeness (QED) is 0.268. The number of unbranched alkanes of at least 4 members (excludes halogenated alkanes) is 6. The van der Waals surface area contributed by atoms with E-state index in [-0.39, 0.29) is 6.42 Å². The first-order valence-electron chi connectivity index (χ1n) is 7.96. The molecule has 1 aliphatic rings. The number of allylic oxidation sites excluding steroid dienone is 1. The van der Waals surface area contributed by atoms with Crippen molar-refractivity contribution < 1.29 is 23.9 Å². The lowest BCUT2D eigenvalue weighted by molar-refractivity contribution is -0.238. The molecule has 22 heavy (non-hydrogen) atoms. The molecule has 0 atom stereocenters. The zero-order valence-corrected chi connectivity index (χ0v) is 13.6. The monoisotopic (exact) mass is 310 g/mol. The SMILES string of the molecule is C=CCCCCCCCCC(=O)C1C(=O)OC(C)(C)OC1=O. The summed E-state index contributed by atoms with van der Waals surface area (Å²) in [4.78, 5) is 35.5. The number of esters is 2. The van der Waals surface area contributed by atoms with Gasteiger partial charge in [0.05, 0.1) is 0 Å². The molecular weight excluding hydrogens is 284 g/mol. The third-order valence-corrected chi connectivity index (χ3v) is 3.57. The maximum atomic E-state index is 12.0. The highest BCUT2D eigenvalue weighted by atomic mass is 16.7. The van der Waals surface area contributed by atoms with Gasteiger partial charge in [-0.2, -0.15) is 0 Å². The maximum Gasteiger partial charge on any atom is 0.331 e. The van der Waals surface area contributed by atoms with E-state index >= 15 is 0 Å². The van der Waals surface area contributed by atoms with Crippen LogP contribution in [0.5, 0.6) is 0 Å². The van der Waals surface area contributed by atoms with Gasteiger partial charge in [0.2, 0.25) is 5.92 Å². The zero-order valence-electron chi connectivity index (χ0n) is 13.6. The number of cyclic esters (lactones) is 2. The number of ether oxygens (including phenoxy) is 2. The van der Waals surface area contributed by atoms with E-state index in [9.17, 15) is 14.4 Å². The molecule has 1 aliphatic heterocycles. The van der Waals surface area contributed by atoms with Crippen LogP contribution in [-0.4, -0.2) is 23.5 Å². The summed E-state index contributed by atoms with van der Waals surface area (Å²) < 4.78 is 9.90. The second-order valence-corrected chi connectivity index (χ2v) is 6.09. The maximum absolute atomic E-state index is 12.0. The number of carbonyl (C=O) groups is 3. The molecule has 0 spiro atoms. The minimum Gasteiger partial charge on any atom is -0.422 e. The largest absolute Gasteiger partial charge is 0.422 e. The van der Waals surface area contributed by atoms with E-state index < -0.39 is 29.4 Å². The highest BCUT2D eigenvalue weighted by Crippen LogP contribution is 2.24. The molecular formula is C17H26O5. The summed E-state index contributed by atoms with van der Waals surface area (Å²) >= 11 is 0.